The molecule has 0 bridgehead atoms. The van der Waals surface area contributed by atoms with Crippen molar-refractivity contribution < 1.29 is 9.53 Å². The van der Waals surface area contributed by atoms with E-state index in [-0.39, 0.29) is 17.9 Å². The van der Waals surface area contributed by atoms with Gasteiger partial charge < -0.3 is 20.7 Å². The smallest absolute Gasteiger partial charge is 0.228 e. The van der Waals surface area contributed by atoms with Gasteiger partial charge in [-0.15, -0.1) is 0 Å². The van der Waals surface area contributed by atoms with E-state index >= 15 is 0 Å². The molecule has 0 radical (unpaired) electrons. The van der Waals surface area contributed by atoms with Gasteiger partial charge in [-0.2, -0.15) is 0 Å². The molecular formula is C15H22BrN3O2. The number of nitrogens with two attached hydrogens (primary N) is 1. The second kappa shape index (κ2) is 7.24. The minimum atomic E-state index is -0.235. The molecule has 2 rings (SSSR count). The highest BCUT2D eigenvalue weighted by molar-refractivity contribution is 9.10. The van der Waals surface area contributed by atoms with Crippen LogP contribution in [0.3, 0.4) is 0 Å². The van der Waals surface area contributed by atoms with Crippen LogP contribution in [0.1, 0.15) is 13.8 Å². The van der Waals surface area contributed by atoms with Crippen molar-refractivity contribution >= 4 is 33.2 Å². The van der Waals surface area contributed by atoms with Crippen LogP contribution in [0, 0.1) is 5.92 Å². The number of benzene rings is 1. The molecule has 1 aromatic rings. The normalized spacial score (nSPS) is 18.2. The van der Waals surface area contributed by atoms with Gasteiger partial charge in [0.2, 0.25) is 5.91 Å². The zero-order valence-corrected chi connectivity index (χ0v) is 14.0. The quantitative estimate of drug-likeness (QED) is 0.868. The average Bonchev–Trinajstić information content (AvgIpc) is 2.47. The third kappa shape index (κ3) is 4.18. The van der Waals surface area contributed by atoms with E-state index in [2.05, 4.69) is 26.1 Å². The molecule has 0 spiro atoms. The van der Waals surface area contributed by atoms with E-state index in [9.17, 15) is 4.79 Å². The Morgan fingerprint density at radius 2 is 2.05 bits per heavy atom. The standard InChI is InChI=1S/C15H22BrN3O2/c1-10(11(2)17)15(20)18-13-9-12(16)3-4-14(13)19-5-7-21-8-6-19/h3-4,9-11H,5-8,17H2,1-2H3,(H,18,20). The molecule has 1 aromatic carbocycles. The van der Waals surface area contributed by atoms with E-state index in [4.69, 9.17) is 10.5 Å². The number of rotatable bonds is 4. The predicted molar refractivity (Wildman–Crippen MR) is 88.6 cm³/mol. The molecule has 0 aliphatic carbocycles. The summed E-state index contributed by atoms with van der Waals surface area (Å²) in [5.41, 5.74) is 7.63. The molecule has 1 aliphatic heterocycles. The third-order valence-corrected chi connectivity index (χ3v) is 4.26. The van der Waals surface area contributed by atoms with Crippen LogP contribution in [0.5, 0.6) is 0 Å². The number of carbonyl (C=O) groups excluding carboxylic acids is 1. The third-order valence-electron chi connectivity index (χ3n) is 3.77. The van der Waals surface area contributed by atoms with Gasteiger partial charge in [0.1, 0.15) is 0 Å². The Morgan fingerprint density at radius 3 is 2.67 bits per heavy atom. The minimum Gasteiger partial charge on any atom is -0.378 e. The summed E-state index contributed by atoms with van der Waals surface area (Å²) in [6, 6.07) is 5.75. The van der Waals surface area contributed by atoms with Crippen LogP contribution >= 0.6 is 15.9 Å². The Kier molecular flexibility index (Phi) is 5.61. The summed E-state index contributed by atoms with van der Waals surface area (Å²) < 4.78 is 6.31. The number of halogens is 1. The van der Waals surface area contributed by atoms with Crippen LogP contribution in [0.25, 0.3) is 0 Å². The Balaban J connectivity index is 2.20. The molecule has 3 N–H and O–H groups in total. The number of hydrogen-bond acceptors (Lipinski definition) is 4. The molecular weight excluding hydrogens is 334 g/mol. The molecule has 2 unspecified atom stereocenters. The van der Waals surface area contributed by atoms with E-state index in [1.54, 1.807) is 0 Å². The van der Waals surface area contributed by atoms with Crippen molar-refractivity contribution in [3.8, 4) is 0 Å². The first kappa shape index (κ1) is 16.3. The number of hydrogen-bond donors (Lipinski definition) is 2. The monoisotopic (exact) mass is 355 g/mol. The lowest BCUT2D eigenvalue weighted by Crippen LogP contribution is -2.38. The fourth-order valence-electron chi connectivity index (χ4n) is 2.17. The molecule has 0 aromatic heterocycles. The van der Waals surface area contributed by atoms with Gasteiger partial charge in [-0.1, -0.05) is 22.9 Å². The van der Waals surface area contributed by atoms with Crippen LogP contribution in [0.4, 0.5) is 11.4 Å². The van der Waals surface area contributed by atoms with Crippen LogP contribution < -0.4 is 16.0 Å². The fraction of sp³-hybridized carbons (Fsp3) is 0.533. The van der Waals surface area contributed by atoms with Gasteiger partial charge in [-0.3, -0.25) is 4.79 Å². The lowest BCUT2D eigenvalue weighted by molar-refractivity contribution is -0.119. The molecule has 1 fully saturated rings. The summed E-state index contributed by atoms with van der Waals surface area (Å²) in [4.78, 5) is 14.5. The summed E-state index contributed by atoms with van der Waals surface area (Å²) in [6.45, 7) is 6.75. The first-order valence-corrected chi connectivity index (χ1v) is 7.97. The molecule has 1 saturated heterocycles. The average molecular weight is 356 g/mol. The molecule has 2 atom stereocenters. The topological polar surface area (TPSA) is 67.6 Å². The van der Waals surface area contributed by atoms with Crippen molar-refractivity contribution in [1.29, 1.82) is 0 Å². The van der Waals surface area contributed by atoms with Crippen molar-refractivity contribution in [3.05, 3.63) is 22.7 Å². The Labute approximate surface area is 134 Å². The van der Waals surface area contributed by atoms with Gasteiger partial charge in [0, 0.05) is 23.6 Å². The number of nitrogens with zero attached hydrogens (tertiary/aromatic N) is 1. The zero-order chi connectivity index (χ0) is 15.4. The van der Waals surface area contributed by atoms with Gasteiger partial charge in [0.15, 0.2) is 0 Å². The number of carbonyl (C=O) groups is 1. The highest BCUT2D eigenvalue weighted by atomic mass is 79.9. The minimum absolute atomic E-state index is 0.0578. The molecule has 1 amide bonds. The molecule has 1 heterocycles. The Morgan fingerprint density at radius 1 is 1.38 bits per heavy atom. The van der Waals surface area contributed by atoms with E-state index in [0.717, 1.165) is 28.9 Å². The van der Waals surface area contributed by atoms with Crippen LogP contribution in [0.15, 0.2) is 22.7 Å². The highest BCUT2D eigenvalue weighted by Gasteiger charge is 2.20. The van der Waals surface area contributed by atoms with Gasteiger partial charge >= 0.3 is 0 Å². The van der Waals surface area contributed by atoms with Crippen LogP contribution in [-0.2, 0) is 9.53 Å². The number of anilines is 2. The fourth-order valence-corrected chi connectivity index (χ4v) is 2.53. The first-order chi connectivity index (χ1) is 9.99. The van der Waals surface area contributed by atoms with Crippen molar-refractivity contribution in [1.82, 2.24) is 0 Å². The molecule has 116 valence electrons. The van der Waals surface area contributed by atoms with Gasteiger partial charge in [0.25, 0.3) is 0 Å². The maximum absolute atomic E-state index is 12.3. The second-order valence-corrected chi connectivity index (χ2v) is 6.31. The SMILES string of the molecule is CC(N)C(C)C(=O)Nc1cc(Br)ccc1N1CCOCC1. The van der Waals surface area contributed by atoms with Gasteiger partial charge in [-0.25, -0.2) is 0 Å². The van der Waals surface area contributed by atoms with E-state index in [1.807, 2.05) is 32.0 Å². The highest BCUT2D eigenvalue weighted by Crippen LogP contribution is 2.30. The number of morpholine rings is 1. The van der Waals surface area contributed by atoms with Crippen LogP contribution in [0.2, 0.25) is 0 Å². The molecule has 21 heavy (non-hydrogen) atoms. The number of amides is 1. The van der Waals surface area contributed by atoms with Crippen molar-refractivity contribution in [2.45, 2.75) is 19.9 Å². The van der Waals surface area contributed by atoms with Crippen molar-refractivity contribution in [3.63, 3.8) is 0 Å². The van der Waals surface area contributed by atoms with Gasteiger partial charge in [-0.05, 0) is 25.1 Å². The lowest BCUT2D eigenvalue weighted by Gasteiger charge is -2.31. The largest absolute Gasteiger partial charge is 0.378 e. The van der Waals surface area contributed by atoms with E-state index < -0.39 is 0 Å². The van der Waals surface area contributed by atoms with Gasteiger partial charge in [0.05, 0.1) is 30.5 Å². The Bertz CT molecular complexity index is 502. The molecule has 5 nitrogen and oxygen atoms in total. The lowest BCUT2D eigenvalue weighted by atomic mass is 10.0. The summed E-state index contributed by atoms with van der Waals surface area (Å²) >= 11 is 3.46. The number of ether oxygens (including phenoxy) is 1. The second-order valence-electron chi connectivity index (χ2n) is 5.40. The summed E-state index contributed by atoms with van der Waals surface area (Å²) in [5.74, 6) is -0.292. The summed E-state index contributed by atoms with van der Waals surface area (Å²) in [5, 5.41) is 3.00. The van der Waals surface area contributed by atoms with Crippen molar-refractivity contribution in [2.75, 3.05) is 36.5 Å². The van der Waals surface area contributed by atoms with Crippen LogP contribution in [-0.4, -0.2) is 38.3 Å². The maximum atomic E-state index is 12.3. The predicted octanol–water partition coefficient (Wildman–Crippen LogP) is 2.21. The zero-order valence-electron chi connectivity index (χ0n) is 12.4. The number of nitrogens with one attached hydrogen (secondary N) is 1. The summed E-state index contributed by atoms with van der Waals surface area (Å²) in [7, 11) is 0. The molecule has 0 saturated carbocycles. The molecule has 1 aliphatic rings. The van der Waals surface area contributed by atoms with E-state index in [0.29, 0.717) is 13.2 Å². The Hall–Kier alpha value is -1.11. The van der Waals surface area contributed by atoms with Crippen molar-refractivity contribution in [2.24, 2.45) is 11.7 Å². The maximum Gasteiger partial charge on any atom is 0.228 e. The summed E-state index contributed by atoms with van der Waals surface area (Å²) in [6.07, 6.45) is 0. The van der Waals surface area contributed by atoms with E-state index in [1.165, 1.54) is 0 Å². The molecule has 6 heteroatoms. The first-order valence-electron chi connectivity index (χ1n) is 7.17.